The quantitative estimate of drug-likeness (QED) is 0.895. The van der Waals surface area contributed by atoms with Crippen molar-refractivity contribution in [2.24, 2.45) is 0 Å². The number of carbonyl (C=O) groups is 2. The molecule has 5 heteroatoms. The van der Waals surface area contributed by atoms with Gasteiger partial charge in [-0.3, -0.25) is 0 Å². The molecular formula is C15H13NO4. The lowest BCUT2D eigenvalue weighted by Crippen LogP contribution is -2.25. The minimum Gasteiger partial charge on any atom is -0.478 e. The van der Waals surface area contributed by atoms with Crippen LogP contribution in [-0.4, -0.2) is 22.3 Å². The highest BCUT2D eigenvalue weighted by molar-refractivity contribution is 6.03. The number of aromatic carboxylic acids is 1. The molecule has 2 N–H and O–H groups in total. The summed E-state index contributed by atoms with van der Waals surface area (Å²) in [5.74, 6) is -1.16. The number of carboxylic acids is 1. The van der Waals surface area contributed by atoms with Crippen molar-refractivity contribution in [1.82, 2.24) is 0 Å². The van der Waals surface area contributed by atoms with Gasteiger partial charge in [-0.25, -0.2) is 14.5 Å². The third kappa shape index (κ3) is 2.61. The summed E-state index contributed by atoms with van der Waals surface area (Å²) < 4.78 is 0. The fourth-order valence-corrected chi connectivity index (χ4v) is 1.94. The maximum Gasteiger partial charge on any atom is 0.416 e. The second-order valence-electron chi connectivity index (χ2n) is 4.28. The topological polar surface area (TPSA) is 77.8 Å². The Balaban J connectivity index is 2.64. The van der Waals surface area contributed by atoms with E-state index in [0.29, 0.717) is 5.69 Å². The van der Waals surface area contributed by atoms with Crippen molar-refractivity contribution < 1.29 is 19.8 Å². The molecule has 5 nitrogen and oxygen atoms in total. The predicted octanol–water partition coefficient (Wildman–Crippen LogP) is 3.51. The van der Waals surface area contributed by atoms with Crippen LogP contribution in [0.1, 0.15) is 15.9 Å². The molecule has 0 bridgehead atoms. The van der Waals surface area contributed by atoms with Crippen molar-refractivity contribution in [1.29, 1.82) is 0 Å². The smallest absolute Gasteiger partial charge is 0.416 e. The molecule has 0 radical (unpaired) electrons. The number of nitrogens with zero attached hydrogens (tertiary/aromatic N) is 1. The van der Waals surface area contributed by atoms with Crippen LogP contribution in [0.4, 0.5) is 16.2 Å². The van der Waals surface area contributed by atoms with Gasteiger partial charge in [-0.15, -0.1) is 0 Å². The molecule has 2 aromatic rings. The second kappa shape index (κ2) is 5.44. The lowest BCUT2D eigenvalue weighted by atomic mass is 10.1. The molecule has 0 aliphatic carbocycles. The number of benzene rings is 2. The van der Waals surface area contributed by atoms with Crippen molar-refractivity contribution in [2.45, 2.75) is 6.92 Å². The zero-order valence-corrected chi connectivity index (χ0v) is 10.8. The molecular weight excluding hydrogens is 258 g/mol. The van der Waals surface area contributed by atoms with Crippen LogP contribution < -0.4 is 4.90 Å². The summed E-state index contributed by atoms with van der Waals surface area (Å²) in [7, 11) is 0. The standard InChI is InChI=1S/C15H13NO4/c1-10-7-8-12(14(17)18)13(9-10)16(15(19)20)11-5-3-2-4-6-11/h2-9H,1H3,(H,17,18)(H,19,20). The van der Waals surface area contributed by atoms with Crippen molar-refractivity contribution in [3.05, 3.63) is 59.7 Å². The molecule has 0 fully saturated rings. The number of carboxylic acid groups (broad SMARTS) is 2. The summed E-state index contributed by atoms with van der Waals surface area (Å²) in [5.41, 5.74) is 1.26. The van der Waals surface area contributed by atoms with Gasteiger partial charge in [0.2, 0.25) is 0 Å². The molecule has 2 rings (SSSR count). The zero-order chi connectivity index (χ0) is 14.7. The first kappa shape index (κ1) is 13.6. The lowest BCUT2D eigenvalue weighted by molar-refractivity contribution is 0.0698. The van der Waals surface area contributed by atoms with Gasteiger partial charge in [-0.05, 0) is 36.8 Å². The summed E-state index contributed by atoms with van der Waals surface area (Å²) in [6.07, 6.45) is -1.23. The van der Waals surface area contributed by atoms with Gasteiger partial charge in [0, 0.05) is 0 Å². The monoisotopic (exact) mass is 271 g/mol. The average molecular weight is 271 g/mol. The Morgan fingerprint density at radius 2 is 1.65 bits per heavy atom. The van der Waals surface area contributed by atoms with E-state index in [9.17, 15) is 19.8 Å². The number of rotatable bonds is 3. The SMILES string of the molecule is Cc1ccc(C(=O)O)c(N(C(=O)O)c2ccccc2)c1. The summed E-state index contributed by atoms with van der Waals surface area (Å²) in [4.78, 5) is 23.8. The minimum atomic E-state index is -1.23. The van der Waals surface area contributed by atoms with Crippen LogP contribution in [0.2, 0.25) is 0 Å². The van der Waals surface area contributed by atoms with E-state index in [1.54, 1.807) is 49.4 Å². The molecule has 102 valence electrons. The van der Waals surface area contributed by atoms with E-state index in [-0.39, 0.29) is 11.3 Å². The van der Waals surface area contributed by atoms with Crippen LogP contribution in [0.3, 0.4) is 0 Å². The molecule has 1 amide bonds. The lowest BCUT2D eigenvalue weighted by Gasteiger charge is -2.21. The van der Waals surface area contributed by atoms with Crippen LogP contribution in [0.5, 0.6) is 0 Å². The van der Waals surface area contributed by atoms with E-state index in [2.05, 4.69) is 0 Å². The molecule has 0 aliphatic rings. The first-order valence-electron chi connectivity index (χ1n) is 5.92. The normalized spacial score (nSPS) is 10.1. The Hall–Kier alpha value is -2.82. The van der Waals surface area contributed by atoms with Crippen LogP contribution in [0.25, 0.3) is 0 Å². The maximum absolute atomic E-state index is 11.5. The summed E-state index contributed by atoms with van der Waals surface area (Å²) in [6.45, 7) is 1.78. The third-order valence-electron chi connectivity index (χ3n) is 2.83. The van der Waals surface area contributed by atoms with E-state index in [1.165, 1.54) is 6.07 Å². The second-order valence-corrected chi connectivity index (χ2v) is 4.28. The highest BCUT2D eigenvalue weighted by Gasteiger charge is 2.22. The van der Waals surface area contributed by atoms with E-state index < -0.39 is 12.1 Å². The van der Waals surface area contributed by atoms with Gasteiger partial charge >= 0.3 is 12.1 Å². The summed E-state index contributed by atoms with van der Waals surface area (Å²) >= 11 is 0. The van der Waals surface area contributed by atoms with Crippen molar-refractivity contribution in [3.8, 4) is 0 Å². The van der Waals surface area contributed by atoms with E-state index in [1.807, 2.05) is 0 Å². The number of aryl methyl sites for hydroxylation is 1. The molecule has 0 heterocycles. The number of anilines is 2. The molecule has 0 atom stereocenters. The summed E-state index contributed by atoms with van der Waals surface area (Å²) in [6, 6.07) is 13.0. The molecule has 2 aromatic carbocycles. The van der Waals surface area contributed by atoms with Crippen molar-refractivity contribution >= 4 is 23.4 Å². The number of hydrogen-bond acceptors (Lipinski definition) is 2. The first-order valence-corrected chi connectivity index (χ1v) is 5.92. The third-order valence-corrected chi connectivity index (χ3v) is 2.83. The molecule has 0 spiro atoms. The maximum atomic E-state index is 11.5. The van der Waals surface area contributed by atoms with Gasteiger partial charge in [0.1, 0.15) is 0 Å². The zero-order valence-electron chi connectivity index (χ0n) is 10.8. The van der Waals surface area contributed by atoms with Gasteiger partial charge in [0.05, 0.1) is 16.9 Å². The highest BCUT2D eigenvalue weighted by Crippen LogP contribution is 2.29. The largest absolute Gasteiger partial charge is 0.478 e. The number of amides is 1. The first-order chi connectivity index (χ1) is 9.50. The molecule has 0 aliphatic heterocycles. The van der Waals surface area contributed by atoms with E-state index >= 15 is 0 Å². The van der Waals surface area contributed by atoms with E-state index in [4.69, 9.17) is 0 Å². The van der Waals surface area contributed by atoms with Gasteiger partial charge < -0.3 is 10.2 Å². The highest BCUT2D eigenvalue weighted by atomic mass is 16.4. The van der Waals surface area contributed by atoms with Crippen LogP contribution in [0.15, 0.2) is 48.5 Å². The van der Waals surface area contributed by atoms with Gasteiger partial charge in [0.25, 0.3) is 0 Å². The number of hydrogen-bond donors (Lipinski definition) is 2. The average Bonchev–Trinajstić information content (AvgIpc) is 2.39. The fourth-order valence-electron chi connectivity index (χ4n) is 1.94. The van der Waals surface area contributed by atoms with Crippen LogP contribution in [0, 0.1) is 6.92 Å². The number of para-hydroxylation sites is 1. The van der Waals surface area contributed by atoms with Crippen LogP contribution >= 0.6 is 0 Å². The van der Waals surface area contributed by atoms with Crippen molar-refractivity contribution in [2.75, 3.05) is 4.90 Å². The Bertz CT molecular complexity index is 652. The molecule has 0 unspecified atom stereocenters. The molecule has 20 heavy (non-hydrogen) atoms. The molecule has 0 saturated heterocycles. The molecule has 0 aromatic heterocycles. The van der Waals surface area contributed by atoms with E-state index in [0.717, 1.165) is 10.5 Å². The minimum absolute atomic E-state index is 0.0538. The van der Waals surface area contributed by atoms with Gasteiger partial charge in [-0.2, -0.15) is 0 Å². The Morgan fingerprint density at radius 3 is 2.20 bits per heavy atom. The summed E-state index contributed by atoms with van der Waals surface area (Å²) in [5, 5.41) is 18.6. The fraction of sp³-hybridized carbons (Fsp3) is 0.0667. The van der Waals surface area contributed by atoms with Crippen molar-refractivity contribution in [3.63, 3.8) is 0 Å². The van der Waals surface area contributed by atoms with Gasteiger partial charge in [-0.1, -0.05) is 24.3 Å². The van der Waals surface area contributed by atoms with Gasteiger partial charge in [0.15, 0.2) is 0 Å². The predicted molar refractivity (Wildman–Crippen MR) is 74.7 cm³/mol. The Morgan fingerprint density at radius 1 is 1.00 bits per heavy atom. The Labute approximate surface area is 115 Å². The van der Waals surface area contributed by atoms with Crippen LogP contribution in [-0.2, 0) is 0 Å². The molecule has 0 saturated carbocycles. The Kier molecular flexibility index (Phi) is 3.70.